The van der Waals surface area contributed by atoms with Crippen LogP contribution in [0.2, 0.25) is 0 Å². The third-order valence-corrected chi connectivity index (χ3v) is 3.82. The zero-order chi connectivity index (χ0) is 13.7. The van der Waals surface area contributed by atoms with Gasteiger partial charge in [-0.15, -0.1) is 0 Å². The number of aliphatic hydroxyl groups excluding tert-OH is 1. The average molecular weight is 266 g/mol. The van der Waals surface area contributed by atoms with Gasteiger partial charge in [-0.3, -0.25) is 0 Å². The number of hydrogen-bond donors (Lipinski definition) is 2. The molecule has 19 heavy (non-hydrogen) atoms. The van der Waals surface area contributed by atoms with Crippen LogP contribution in [0.5, 0.6) is 0 Å². The predicted octanol–water partition coefficient (Wildman–Crippen LogP) is 1.79. The Hall–Kier alpha value is -0.970. The molecule has 2 atom stereocenters. The van der Waals surface area contributed by atoms with Crippen LogP contribution in [-0.2, 0) is 0 Å². The molecule has 3 nitrogen and oxygen atoms in total. The molecule has 1 fully saturated rings. The van der Waals surface area contributed by atoms with Gasteiger partial charge in [0.1, 0.15) is 5.82 Å². The molecule has 0 aromatic heterocycles. The molecule has 1 saturated heterocycles. The van der Waals surface area contributed by atoms with Crippen LogP contribution >= 0.6 is 0 Å². The second kappa shape index (κ2) is 6.98. The van der Waals surface area contributed by atoms with Crippen LogP contribution in [0.15, 0.2) is 24.3 Å². The van der Waals surface area contributed by atoms with E-state index >= 15 is 0 Å². The molecule has 4 heteroatoms. The van der Waals surface area contributed by atoms with E-state index in [1.165, 1.54) is 25.1 Å². The maximum absolute atomic E-state index is 13.0. The molecule has 0 radical (unpaired) electrons. The van der Waals surface area contributed by atoms with E-state index in [-0.39, 0.29) is 5.82 Å². The molecule has 0 aliphatic carbocycles. The summed E-state index contributed by atoms with van der Waals surface area (Å²) in [5, 5.41) is 13.3. The normalized spacial score (nSPS) is 21.7. The Morgan fingerprint density at radius 2 is 2.37 bits per heavy atom. The molecule has 2 rings (SSSR count). The highest BCUT2D eigenvalue weighted by atomic mass is 19.1. The molecule has 1 aliphatic rings. The summed E-state index contributed by atoms with van der Waals surface area (Å²) < 4.78 is 13.0. The van der Waals surface area contributed by atoms with Gasteiger partial charge in [0.15, 0.2) is 0 Å². The van der Waals surface area contributed by atoms with Crippen LogP contribution in [0.1, 0.15) is 25.0 Å². The lowest BCUT2D eigenvalue weighted by molar-refractivity contribution is 0.172. The van der Waals surface area contributed by atoms with E-state index in [1.54, 1.807) is 12.1 Å². The van der Waals surface area contributed by atoms with Gasteiger partial charge in [0.25, 0.3) is 0 Å². The largest absolute Gasteiger partial charge is 0.387 e. The van der Waals surface area contributed by atoms with Crippen molar-refractivity contribution in [2.75, 3.05) is 32.7 Å². The number of nitrogens with zero attached hydrogens (tertiary/aromatic N) is 1. The van der Waals surface area contributed by atoms with Crippen LogP contribution < -0.4 is 5.32 Å². The van der Waals surface area contributed by atoms with E-state index in [4.69, 9.17) is 0 Å². The van der Waals surface area contributed by atoms with Crippen molar-refractivity contribution in [3.05, 3.63) is 35.6 Å². The summed E-state index contributed by atoms with van der Waals surface area (Å²) in [6.45, 7) is 7.01. The lowest BCUT2D eigenvalue weighted by Gasteiger charge is -2.16. The fourth-order valence-corrected chi connectivity index (χ4v) is 2.62. The zero-order valence-corrected chi connectivity index (χ0v) is 11.5. The first-order valence-electron chi connectivity index (χ1n) is 7.05. The maximum atomic E-state index is 13.0. The Balaban J connectivity index is 1.71. The summed E-state index contributed by atoms with van der Waals surface area (Å²) >= 11 is 0. The molecule has 0 saturated carbocycles. The Kier molecular flexibility index (Phi) is 5.31. The first-order chi connectivity index (χ1) is 9.19. The van der Waals surface area contributed by atoms with Crippen molar-refractivity contribution in [1.29, 1.82) is 0 Å². The highest BCUT2D eigenvalue weighted by Gasteiger charge is 2.20. The Morgan fingerprint density at radius 1 is 1.53 bits per heavy atom. The highest BCUT2D eigenvalue weighted by molar-refractivity contribution is 5.18. The molecule has 2 unspecified atom stereocenters. The van der Waals surface area contributed by atoms with Crippen LogP contribution in [0.25, 0.3) is 0 Å². The number of benzene rings is 1. The topological polar surface area (TPSA) is 35.5 Å². The van der Waals surface area contributed by atoms with Crippen molar-refractivity contribution in [3.63, 3.8) is 0 Å². The minimum atomic E-state index is -0.639. The Labute approximate surface area is 114 Å². The van der Waals surface area contributed by atoms with Gasteiger partial charge in [-0.05, 0) is 49.7 Å². The monoisotopic (exact) mass is 266 g/mol. The second-order valence-corrected chi connectivity index (χ2v) is 5.28. The van der Waals surface area contributed by atoms with Gasteiger partial charge >= 0.3 is 0 Å². The quantitative estimate of drug-likeness (QED) is 0.824. The van der Waals surface area contributed by atoms with Gasteiger partial charge in [-0.1, -0.05) is 19.1 Å². The number of likely N-dealkylation sites (tertiary alicyclic amines) is 1. The van der Waals surface area contributed by atoms with Gasteiger partial charge in [-0.25, -0.2) is 4.39 Å². The molecular formula is C15H23FN2O. The van der Waals surface area contributed by atoms with Gasteiger partial charge in [0.05, 0.1) is 6.10 Å². The molecule has 106 valence electrons. The molecule has 0 amide bonds. The van der Waals surface area contributed by atoms with E-state index in [9.17, 15) is 9.50 Å². The number of halogens is 1. The Bertz CT molecular complexity index is 399. The minimum Gasteiger partial charge on any atom is -0.387 e. The maximum Gasteiger partial charge on any atom is 0.123 e. The average Bonchev–Trinajstić information content (AvgIpc) is 2.86. The molecule has 0 bridgehead atoms. The van der Waals surface area contributed by atoms with Crippen LogP contribution in [-0.4, -0.2) is 42.7 Å². The van der Waals surface area contributed by atoms with Crippen LogP contribution in [0.3, 0.4) is 0 Å². The molecule has 0 spiro atoms. The predicted molar refractivity (Wildman–Crippen MR) is 74.5 cm³/mol. The fourth-order valence-electron chi connectivity index (χ4n) is 2.62. The second-order valence-electron chi connectivity index (χ2n) is 5.28. The number of rotatable bonds is 6. The van der Waals surface area contributed by atoms with E-state index in [0.717, 1.165) is 19.6 Å². The van der Waals surface area contributed by atoms with Crippen molar-refractivity contribution in [2.45, 2.75) is 19.4 Å². The van der Waals surface area contributed by atoms with Crippen molar-refractivity contribution in [3.8, 4) is 0 Å². The number of aliphatic hydroxyl groups is 1. The van der Waals surface area contributed by atoms with Crippen molar-refractivity contribution in [2.24, 2.45) is 5.92 Å². The van der Waals surface area contributed by atoms with Gasteiger partial charge in [0, 0.05) is 13.1 Å². The van der Waals surface area contributed by atoms with E-state index in [2.05, 4.69) is 17.1 Å². The molecule has 1 aromatic rings. The van der Waals surface area contributed by atoms with Crippen molar-refractivity contribution in [1.82, 2.24) is 10.2 Å². The van der Waals surface area contributed by atoms with Crippen LogP contribution in [0.4, 0.5) is 4.39 Å². The molecule has 2 N–H and O–H groups in total. The molecule has 1 aliphatic heterocycles. The third kappa shape index (κ3) is 4.27. The molecular weight excluding hydrogens is 243 g/mol. The summed E-state index contributed by atoms with van der Waals surface area (Å²) in [6, 6.07) is 6.16. The van der Waals surface area contributed by atoms with Gasteiger partial charge in [-0.2, -0.15) is 0 Å². The van der Waals surface area contributed by atoms with E-state index in [1.807, 2.05) is 0 Å². The summed E-state index contributed by atoms with van der Waals surface area (Å²) in [5.41, 5.74) is 0.633. The Morgan fingerprint density at radius 3 is 3.05 bits per heavy atom. The lowest BCUT2D eigenvalue weighted by atomic mass is 10.1. The van der Waals surface area contributed by atoms with Crippen LogP contribution in [0, 0.1) is 11.7 Å². The van der Waals surface area contributed by atoms with E-state index in [0.29, 0.717) is 18.0 Å². The smallest absolute Gasteiger partial charge is 0.123 e. The molecule has 1 aromatic carbocycles. The summed E-state index contributed by atoms with van der Waals surface area (Å²) in [4.78, 5) is 2.44. The van der Waals surface area contributed by atoms with Gasteiger partial charge < -0.3 is 15.3 Å². The van der Waals surface area contributed by atoms with E-state index < -0.39 is 6.10 Å². The van der Waals surface area contributed by atoms with Gasteiger partial charge in [0.2, 0.25) is 0 Å². The summed E-state index contributed by atoms with van der Waals surface area (Å²) in [7, 11) is 0. The SMILES string of the molecule is CCN1CCC(CNCC(O)c2cccc(F)c2)C1. The number of hydrogen-bond acceptors (Lipinski definition) is 3. The fraction of sp³-hybridized carbons (Fsp3) is 0.600. The lowest BCUT2D eigenvalue weighted by Crippen LogP contribution is -2.29. The summed E-state index contributed by atoms with van der Waals surface area (Å²) in [5.74, 6) is 0.366. The zero-order valence-electron chi connectivity index (χ0n) is 11.5. The van der Waals surface area contributed by atoms with Crippen molar-refractivity contribution >= 4 is 0 Å². The first kappa shape index (κ1) is 14.4. The standard InChI is InChI=1S/C15H23FN2O/c1-2-18-7-6-12(11-18)9-17-10-15(19)13-4-3-5-14(16)8-13/h3-5,8,12,15,17,19H,2,6-7,9-11H2,1H3. The van der Waals surface area contributed by atoms with Crippen molar-refractivity contribution < 1.29 is 9.50 Å². The third-order valence-electron chi connectivity index (χ3n) is 3.82. The molecule has 1 heterocycles. The first-order valence-corrected chi connectivity index (χ1v) is 7.05. The number of nitrogens with one attached hydrogen (secondary N) is 1. The minimum absolute atomic E-state index is 0.300. The highest BCUT2D eigenvalue weighted by Crippen LogP contribution is 2.16. The summed E-state index contributed by atoms with van der Waals surface area (Å²) in [6.07, 6.45) is 0.580.